The first-order valence-corrected chi connectivity index (χ1v) is 7.18. The van der Waals surface area contributed by atoms with Crippen molar-refractivity contribution in [1.82, 2.24) is 10.7 Å². The van der Waals surface area contributed by atoms with Crippen LogP contribution in [0.4, 0.5) is 18.0 Å². The molecule has 0 aliphatic carbocycles. The number of ether oxygens (including phenoxy) is 1. The summed E-state index contributed by atoms with van der Waals surface area (Å²) in [6, 6.07) is 2.45. The fourth-order valence-corrected chi connectivity index (χ4v) is 2.11. The summed E-state index contributed by atoms with van der Waals surface area (Å²) in [7, 11) is 0. The summed E-state index contributed by atoms with van der Waals surface area (Å²) in [6.07, 6.45) is -4.64. The number of hydrogen-bond acceptors (Lipinski definition) is 4. The SMILES string of the molecule is C[C@@H]1NC(=O)NN=C1c1ccc(OCC(C)(C)O)c(C(F)(F)F)c1. The number of urea groups is 1. The number of carbonyl (C=O) groups is 1. The molecule has 0 unspecified atom stereocenters. The van der Waals surface area contributed by atoms with Crippen LogP contribution in [0, 0.1) is 0 Å². The van der Waals surface area contributed by atoms with Gasteiger partial charge in [0.05, 0.1) is 22.9 Å². The van der Waals surface area contributed by atoms with E-state index in [1.807, 2.05) is 0 Å². The van der Waals surface area contributed by atoms with Crippen molar-refractivity contribution in [3.8, 4) is 5.75 Å². The largest absolute Gasteiger partial charge is 0.490 e. The van der Waals surface area contributed by atoms with E-state index in [-0.39, 0.29) is 23.6 Å². The minimum atomic E-state index is -4.64. The van der Waals surface area contributed by atoms with Crippen molar-refractivity contribution in [3.63, 3.8) is 0 Å². The van der Waals surface area contributed by atoms with Crippen LogP contribution >= 0.6 is 0 Å². The van der Waals surface area contributed by atoms with Gasteiger partial charge in [0.15, 0.2) is 0 Å². The van der Waals surface area contributed by atoms with Gasteiger partial charge < -0.3 is 15.2 Å². The lowest BCUT2D eigenvalue weighted by Crippen LogP contribution is -2.48. The normalized spacial score (nSPS) is 18.5. The number of halogens is 3. The molecule has 1 aliphatic heterocycles. The van der Waals surface area contributed by atoms with Crippen molar-refractivity contribution < 1.29 is 27.8 Å². The van der Waals surface area contributed by atoms with Crippen LogP contribution in [0.15, 0.2) is 23.3 Å². The topological polar surface area (TPSA) is 83.0 Å². The molecule has 0 radical (unpaired) electrons. The molecule has 1 aliphatic rings. The molecule has 132 valence electrons. The highest BCUT2D eigenvalue weighted by atomic mass is 19.4. The van der Waals surface area contributed by atoms with Gasteiger partial charge in [-0.15, -0.1) is 0 Å². The van der Waals surface area contributed by atoms with Crippen LogP contribution in [-0.4, -0.2) is 35.1 Å². The molecule has 1 aromatic carbocycles. The fourth-order valence-electron chi connectivity index (χ4n) is 2.11. The zero-order valence-corrected chi connectivity index (χ0v) is 13.4. The third-order valence-corrected chi connectivity index (χ3v) is 3.20. The molecule has 1 atom stereocenters. The standard InChI is InChI=1S/C15H18F3N3O3/c1-8-12(20-21-13(22)19-8)9-4-5-11(24-7-14(2,3)23)10(6-9)15(16,17)18/h4-6,8,23H,7H2,1-3H3,(H2,19,21,22)/t8-/m0/s1. The minimum Gasteiger partial charge on any atom is -0.490 e. The lowest BCUT2D eigenvalue weighted by molar-refractivity contribution is -0.139. The number of hydrazone groups is 1. The molecule has 0 saturated heterocycles. The second-order valence-electron chi connectivity index (χ2n) is 6.11. The number of nitrogens with zero attached hydrogens (tertiary/aromatic N) is 1. The maximum absolute atomic E-state index is 13.3. The summed E-state index contributed by atoms with van der Waals surface area (Å²) in [5.74, 6) is -0.380. The van der Waals surface area contributed by atoms with Gasteiger partial charge >= 0.3 is 12.2 Å². The van der Waals surface area contributed by atoms with Crippen LogP contribution in [0.3, 0.4) is 0 Å². The Morgan fingerprint density at radius 3 is 2.54 bits per heavy atom. The molecule has 24 heavy (non-hydrogen) atoms. The predicted molar refractivity (Wildman–Crippen MR) is 80.9 cm³/mol. The Hall–Kier alpha value is -2.29. The lowest BCUT2D eigenvalue weighted by Gasteiger charge is -2.23. The first kappa shape index (κ1) is 18.1. The maximum atomic E-state index is 13.3. The van der Waals surface area contributed by atoms with Crippen molar-refractivity contribution >= 4 is 11.7 Å². The smallest absolute Gasteiger partial charge is 0.419 e. The van der Waals surface area contributed by atoms with Gasteiger partial charge in [-0.1, -0.05) is 0 Å². The molecule has 2 amide bonds. The number of aliphatic hydroxyl groups is 1. The lowest BCUT2D eigenvalue weighted by atomic mass is 10.0. The Balaban J connectivity index is 2.38. The molecule has 0 aromatic heterocycles. The second-order valence-corrected chi connectivity index (χ2v) is 6.11. The van der Waals surface area contributed by atoms with Crippen molar-refractivity contribution in [3.05, 3.63) is 29.3 Å². The Morgan fingerprint density at radius 1 is 1.33 bits per heavy atom. The fraction of sp³-hybridized carbons (Fsp3) is 0.467. The molecule has 0 spiro atoms. The molecule has 0 fully saturated rings. The number of rotatable bonds is 4. The van der Waals surface area contributed by atoms with Crippen molar-refractivity contribution in [2.75, 3.05) is 6.61 Å². The van der Waals surface area contributed by atoms with Crippen LogP contribution in [0.5, 0.6) is 5.75 Å². The molecule has 9 heteroatoms. The molecular formula is C15H18F3N3O3. The zero-order valence-electron chi connectivity index (χ0n) is 13.4. The summed E-state index contributed by atoms with van der Waals surface area (Å²) in [6.45, 7) is 4.19. The van der Waals surface area contributed by atoms with Crippen LogP contribution in [-0.2, 0) is 6.18 Å². The molecule has 0 saturated carbocycles. The van der Waals surface area contributed by atoms with Gasteiger partial charge in [-0.25, -0.2) is 10.2 Å². The number of benzene rings is 1. The number of hydrogen-bond donors (Lipinski definition) is 3. The van der Waals surface area contributed by atoms with E-state index in [9.17, 15) is 23.1 Å². The van der Waals surface area contributed by atoms with Gasteiger partial charge in [0.2, 0.25) is 0 Å². The Labute approximate surface area is 136 Å². The Kier molecular flexibility index (Phi) is 4.75. The van der Waals surface area contributed by atoms with Crippen LogP contribution in [0.1, 0.15) is 31.9 Å². The van der Waals surface area contributed by atoms with Crippen LogP contribution in [0.2, 0.25) is 0 Å². The van der Waals surface area contributed by atoms with E-state index >= 15 is 0 Å². The molecule has 2 rings (SSSR count). The Bertz CT molecular complexity index is 666. The van der Waals surface area contributed by atoms with E-state index in [2.05, 4.69) is 15.8 Å². The average molecular weight is 345 g/mol. The van der Waals surface area contributed by atoms with Gasteiger partial charge in [-0.3, -0.25) is 0 Å². The number of amides is 2. The predicted octanol–water partition coefficient (Wildman–Crippen LogP) is 2.26. The highest BCUT2D eigenvalue weighted by Crippen LogP contribution is 2.37. The van der Waals surface area contributed by atoms with Crippen molar-refractivity contribution in [1.29, 1.82) is 0 Å². The van der Waals surface area contributed by atoms with E-state index in [4.69, 9.17) is 4.74 Å². The van der Waals surface area contributed by atoms with Crippen LogP contribution in [0.25, 0.3) is 0 Å². The van der Waals surface area contributed by atoms with E-state index in [0.29, 0.717) is 0 Å². The van der Waals surface area contributed by atoms with Gasteiger partial charge in [-0.05, 0) is 39.0 Å². The van der Waals surface area contributed by atoms with Gasteiger partial charge in [0, 0.05) is 5.56 Å². The summed E-state index contributed by atoms with van der Waals surface area (Å²) in [5.41, 5.74) is 0.408. The van der Waals surface area contributed by atoms with E-state index < -0.39 is 29.4 Å². The first-order valence-electron chi connectivity index (χ1n) is 7.18. The molecule has 1 aromatic rings. The van der Waals surface area contributed by atoms with Gasteiger partial charge in [0.1, 0.15) is 12.4 Å². The van der Waals surface area contributed by atoms with E-state index in [1.165, 1.54) is 26.0 Å². The number of nitrogens with one attached hydrogen (secondary N) is 2. The third-order valence-electron chi connectivity index (χ3n) is 3.20. The van der Waals surface area contributed by atoms with Gasteiger partial charge in [0.25, 0.3) is 0 Å². The highest BCUT2D eigenvalue weighted by Gasteiger charge is 2.36. The number of carbonyl (C=O) groups excluding carboxylic acids is 1. The van der Waals surface area contributed by atoms with Crippen molar-refractivity contribution in [2.45, 2.75) is 38.6 Å². The maximum Gasteiger partial charge on any atom is 0.419 e. The first-order chi connectivity index (χ1) is 11.0. The summed E-state index contributed by atoms with van der Waals surface area (Å²) in [4.78, 5) is 11.2. The summed E-state index contributed by atoms with van der Waals surface area (Å²) >= 11 is 0. The third kappa shape index (κ3) is 4.38. The second kappa shape index (κ2) is 6.31. The van der Waals surface area contributed by atoms with E-state index in [1.54, 1.807) is 6.92 Å². The molecule has 3 N–H and O–H groups in total. The average Bonchev–Trinajstić information content (AvgIpc) is 2.43. The molecule has 0 bridgehead atoms. The molecule has 6 nitrogen and oxygen atoms in total. The summed E-state index contributed by atoms with van der Waals surface area (Å²) in [5, 5.41) is 15.9. The molecule has 1 heterocycles. The molecular weight excluding hydrogens is 327 g/mol. The monoisotopic (exact) mass is 345 g/mol. The quantitative estimate of drug-likeness (QED) is 0.783. The minimum absolute atomic E-state index is 0.206. The summed E-state index contributed by atoms with van der Waals surface area (Å²) < 4.78 is 45.0. The Morgan fingerprint density at radius 2 is 2.00 bits per heavy atom. The van der Waals surface area contributed by atoms with E-state index in [0.717, 1.165) is 6.07 Å². The van der Waals surface area contributed by atoms with Crippen molar-refractivity contribution in [2.24, 2.45) is 5.10 Å². The van der Waals surface area contributed by atoms with Crippen LogP contribution < -0.4 is 15.5 Å². The highest BCUT2D eigenvalue weighted by molar-refractivity contribution is 6.07. The van der Waals surface area contributed by atoms with Gasteiger partial charge in [-0.2, -0.15) is 18.3 Å². The number of alkyl halides is 3. The zero-order chi connectivity index (χ0) is 18.1.